The molecule has 1 saturated heterocycles. The zero-order valence-corrected chi connectivity index (χ0v) is 12.5. The van der Waals surface area contributed by atoms with Crippen LogP contribution in [-0.2, 0) is 20.7 Å². The molecule has 1 aliphatic heterocycles. The molecular weight excluding hydrogens is 290 g/mol. The van der Waals surface area contributed by atoms with Crippen LogP contribution < -0.4 is 5.32 Å². The number of carboxylic acid groups (broad SMARTS) is 1. The number of ether oxygens (including phenoxy) is 1. The number of rotatable bonds is 6. The predicted molar refractivity (Wildman–Crippen MR) is 80.5 cm³/mol. The van der Waals surface area contributed by atoms with Gasteiger partial charge >= 0.3 is 5.97 Å². The topological polar surface area (TPSA) is 75.6 Å². The smallest absolute Gasteiger partial charge is 0.307 e. The Morgan fingerprint density at radius 2 is 1.90 bits per heavy atom. The van der Waals surface area contributed by atoms with Crippen molar-refractivity contribution in [3.8, 4) is 0 Å². The summed E-state index contributed by atoms with van der Waals surface area (Å²) in [6.07, 6.45) is 1.77. The molecule has 1 fully saturated rings. The third kappa shape index (κ3) is 5.77. The van der Waals surface area contributed by atoms with E-state index < -0.39 is 5.97 Å². The Bertz CT molecular complexity index is 483. The van der Waals surface area contributed by atoms with Crippen LogP contribution in [-0.4, -0.2) is 42.0 Å². The summed E-state index contributed by atoms with van der Waals surface area (Å²) in [6.45, 7) is 1.42. The van der Waals surface area contributed by atoms with Crippen LogP contribution in [0.3, 0.4) is 0 Å². The maximum Gasteiger partial charge on any atom is 0.307 e. The number of hydrogen-bond donors (Lipinski definition) is 2. The molecule has 1 aromatic rings. The molecule has 1 heterocycles. The van der Waals surface area contributed by atoms with E-state index in [-0.39, 0.29) is 18.4 Å². The van der Waals surface area contributed by atoms with E-state index in [1.807, 2.05) is 12.1 Å². The van der Waals surface area contributed by atoms with Crippen molar-refractivity contribution in [2.75, 3.05) is 19.0 Å². The third-order valence-electron chi connectivity index (χ3n) is 3.24. The van der Waals surface area contributed by atoms with E-state index in [2.05, 4.69) is 5.32 Å². The van der Waals surface area contributed by atoms with Crippen LogP contribution in [0.5, 0.6) is 0 Å². The second-order valence-electron chi connectivity index (χ2n) is 4.96. The predicted octanol–water partition coefficient (Wildman–Crippen LogP) is 1.70. The molecule has 0 bridgehead atoms. The first-order chi connectivity index (χ1) is 10.1. The molecule has 0 radical (unpaired) electrons. The lowest BCUT2D eigenvalue weighted by atomic mass is 10.1. The van der Waals surface area contributed by atoms with Crippen molar-refractivity contribution in [2.45, 2.75) is 30.2 Å². The average Bonchev–Trinajstić information content (AvgIpc) is 2.47. The molecule has 1 amide bonds. The molecule has 0 unspecified atom stereocenters. The van der Waals surface area contributed by atoms with E-state index in [0.717, 1.165) is 23.3 Å². The highest BCUT2D eigenvalue weighted by atomic mass is 32.2. The SMILES string of the molecule is O=C(O)Cc1ccc(SCC(=O)NC2CCOCC2)cc1. The van der Waals surface area contributed by atoms with Gasteiger partial charge in [0.2, 0.25) is 5.91 Å². The number of thioether (sulfide) groups is 1. The Balaban J connectivity index is 1.74. The summed E-state index contributed by atoms with van der Waals surface area (Å²) in [7, 11) is 0. The minimum Gasteiger partial charge on any atom is -0.481 e. The van der Waals surface area contributed by atoms with E-state index in [1.165, 1.54) is 11.8 Å². The van der Waals surface area contributed by atoms with Gasteiger partial charge in [0.05, 0.1) is 12.2 Å². The summed E-state index contributed by atoms with van der Waals surface area (Å²) in [5, 5.41) is 11.7. The Morgan fingerprint density at radius 3 is 2.52 bits per heavy atom. The van der Waals surface area contributed by atoms with Crippen LogP contribution in [0.4, 0.5) is 0 Å². The first kappa shape index (κ1) is 15.9. The maximum absolute atomic E-state index is 11.8. The molecule has 2 N–H and O–H groups in total. The Hall–Kier alpha value is -1.53. The summed E-state index contributed by atoms with van der Waals surface area (Å²) in [4.78, 5) is 23.4. The van der Waals surface area contributed by atoms with E-state index >= 15 is 0 Å². The van der Waals surface area contributed by atoms with Crippen molar-refractivity contribution in [1.82, 2.24) is 5.32 Å². The van der Waals surface area contributed by atoms with Gasteiger partial charge in [-0.2, -0.15) is 0 Å². The van der Waals surface area contributed by atoms with Crippen LogP contribution in [0.15, 0.2) is 29.2 Å². The van der Waals surface area contributed by atoms with Gasteiger partial charge in [-0.1, -0.05) is 12.1 Å². The van der Waals surface area contributed by atoms with Crippen molar-refractivity contribution < 1.29 is 19.4 Å². The van der Waals surface area contributed by atoms with Crippen LogP contribution in [0.2, 0.25) is 0 Å². The fraction of sp³-hybridized carbons (Fsp3) is 0.467. The van der Waals surface area contributed by atoms with Crippen molar-refractivity contribution in [2.24, 2.45) is 0 Å². The van der Waals surface area contributed by atoms with Crippen LogP contribution >= 0.6 is 11.8 Å². The standard InChI is InChI=1S/C15H19NO4S/c17-14(16-12-5-7-20-8-6-12)10-21-13-3-1-11(2-4-13)9-15(18)19/h1-4,12H,5-10H2,(H,16,17)(H,18,19). The fourth-order valence-corrected chi connectivity index (χ4v) is 2.85. The van der Waals surface area contributed by atoms with Gasteiger partial charge in [-0.15, -0.1) is 11.8 Å². The van der Waals surface area contributed by atoms with Gasteiger partial charge in [0.1, 0.15) is 0 Å². The Labute approximate surface area is 128 Å². The Morgan fingerprint density at radius 1 is 1.24 bits per heavy atom. The molecule has 0 atom stereocenters. The molecular formula is C15H19NO4S. The number of carbonyl (C=O) groups is 2. The van der Waals surface area contributed by atoms with Gasteiger partial charge in [-0.3, -0.25) is 9.59 Å². The molecule has 0 aliphatic carbocycles. The molecule has 1 aromatic carbocycles. The lowest BCUT2D eigenvalue weighted by Crippen LogP contribution is -2.39. The minimum absolute atomic E-state index is 0.0230. The fourth-order valence-electron chi connectivity index (χ4n) is 2.14. The molecule has 2 rings (SSSR count). The second kappa shape index (κ2) is 8.05. The molecule has 0 spiro atoms. The number of carboxylic acids is 1. The number of aliphatic carboxylic acids is 1. The third-order valence-corrected chi connectivity index (χ3v) is 4.25. The van der Waals surface area contributed by atoms with Crippen LogP contribution in [0.1, 0.15) is 18.4 Å². The molecule has 0 aromatic heterocycles. The normalized spacial score (nSPS) is 15.6. The average molecular weight is 309 g/mol. The van der Waals surface area contributed by atoms with Crippen LogP contribution in [0, 0.1) is 0 Å². The molecule has 6 heteroatoms. The zero-order chi connectivity index (χ0) is 15.1. The largest absolute Gasteiger partial charge is 0.481 e. The van der Waals surface area contributed by atoms with Crippen molar-refractivity contribution in [3.63, 3.8) is 0 Å². The van der Waals surface area contributed by atoms with Crippen molar-refractivity contribution in [3.05, 3.63) is 29.8 Å². The number of amides is 1. The first-order valence-electron chi connectivity index (χ1n) is 6.94. The summed E-state index contributed by atoms with van der Waals surface area (Å²) < 4.78 is 5.25. The molecule has 1 aliphatic rings. The monoisotopic (exact) mass is 309 g/mol. The van der Waals surface area contributed by atoms with Gasteiger partial charge in [-0.05, 0) is 30.5 Å². The highest BCUT2D eigenvalue weighted by molar-refractivity contribution is 8.00. The maximum atomic E-state index is 11.8. The Kier molecular flexibility index (Phi) is 6.07. The minimum atomic E-state index is -0.841. The highest BCUT2D eigenvalue weighted by Crippen LogP contribution is 2.18. The quantitative estimate of drug-likeness (QED) is 0.782. The van der Waals surface area contributed by atoms with Crippen LogP contribution in [0.25, 0.3) is 0 Å². The lowest BCUT2D eigenvalue weighted by Gasteiger charge is -2.23. The van der Waals surface area contributed by atoms with Gasteiger partial charge < -0.3 is 15.2 Å². The summed E-state index contributed by atoms with van der Waals surface area (Å²) in [5.74, 6) is -0.442. The number of carbonyl (C=O) groups excluding carboxylic acids is 1. The molecule has 21 heavy (non-hydrogen) atoms. The molecule has 5 nitrogen and oxygen atoms in total. The second-order valence-corrected chi connectivity index (χ2v) is 6.01. The van der Waals surface area contributed by atoms with Gasteiger partial charge in [-0.25, -0.2) is 0 Å². The van der Waals surface area contributed by atoms with E-state index in [0.29, 0.717) is 19.0 Å². The number of hydrogen-bond acceptors (Lipinski definition) is 4. The van der Waals surface area contributed by atoms with Crippen molar-refractivity contribution in [1.29, 1.82) is 0 Å². The molecule has 0 saturated carbocycles. The van der Waals surface area contributed by atoms with E-state index in [9.17, 15) is 9.59 Å². The number of nitrogens with one attached hydrogen (secondary N) is 1. The van der Waals surface area contributed by atoms with Gasteiger partial charge in [0.15, 0.2) is 0 Å². The van der Waals surface area contributed by atoms with Gasteiger partial charge in [0.25, 0.3) is 0 Å². The first-order valence-corrected chi connectivity index (χ1v) is 7.92. The van der Waals surface area contributed by atoms with E-state index in [1.54, 1.807) is 12.1 Å². The van der Waals surface area contributed by atoms with Crippen molar-refractivity contribution >= 4 is 23.6 Å². The lowest BCUT2D eigenvalue weighted by molar-refractivity contribution is -0.136. The zero-order valence-electron chi connectivity index (χ0n) is 11.7. The summed E-state index contributed by atoms with van der Waals surface area (Å²) in [5.41, 5.74) is 0.763. The highest BCUT2D eigenvalue weighted by Gasteiger charge is 2.15. The summed E-state index contributed by atoms with van der Waals surface area (Å²) in [6, 6.07) is 7.50. The van der Waals surface area contributed by atoms with Gasteiger partial charge in [0, 0.05) is 24.2 Å². The summed E-state index contributed by atoms with van der Waals surface area (Å²) >= 11 is 1.45. The molecule has 114 valence electrons. The van der Waals surface area contributed by atoms with E-state index in [4.69, 9.17) is 9.84 Å². The number of benzene rings is 1.